The van der Waals surface area contributed by atoms with Gasteiger partial charge in [-0.25, -0.2) is 9.78 Å². The highest BCUT2D eigenvalue weighted by molar-refractivity contribution is 5.79. The largest absolute Gasteiger partial charge is 0.436 e. The van der Waals surface area contributed by atoms with E-state index < -0.39 is 0 Å². The van der Waals surface area contributed by atoms with Crippen LogP contribution in [0.4, 0.5) is 5.69 Å². The van der Waals surface area contributed by atoms with E-state index in [2.05, 4.69) is 9.98 Å². The van der Waals surface area contributed by atoms with E-state index in [-0.39, 0.29) is 0 Å². The van der Waals surface area contributed by atoms with Crippen molar-refractivity contribution in [3.63, 3.8) is 0 Å². The van der Waals surface area contributed by atoms with Crippen LogP contribution >= 0.6 is 0 Å². The topological polar surface area (TPSA) is 55.5 Å². The lowest BCUT2D eigenvalue weighted by molar-refractivity contribution is 0.565. The second-order valence-corrected chi connectivity index (χ2v) is 3.74. The molecule has 4 heteroatoms. The first-order valence-corrected chi connectivity index (χ1v) is 5.41. The predicted molar refractivity (Wildman–Crippen MR) is 67.2 cm³/mol. The van der Waals surface area contributed by atoms with Gasteiger partial charge in [0.1, 0.15) is 5.52 Å². The number of aromatic nitrogens is 1. The molecular formula is C14H8N2O2. The molecule has 2 aromatic carbocycles. The van der Waals surface area contributed by atoms with Crippen LogP contribution in [0.1, 0.15) is 0 Å². The summed E-state index contributed by atoms with van der Waals surface area (Å²) in [6.07, 6.45) is 1.50. The van der Waals surface area contributed by atoms with Gasteiger partial charge < -0.3 is 4.42 Å². The number of aliphatic imine (C=N–C) groups is 1. The summed E-state index contributed by atoms with van der Waals surface area (Å²) in [6.45, 7) is 0. The third-order valence-electron chi connectivity index (χ3n) is 2.57. The molecule has 0 saturated heterocycles. The van der Waals surface area contributed by atoms with Crippen molar-refractivity contribution in [2.75, 3.05) is 0 Å². The van der Waals surface area contributed by atoms with Crippen molar-refractivity contribution in [3.8, 4) is 11.5 Å². The van der Waals surface area contributed by atoms with Crippen LogP contribution in [-0.4, -0.2) is 11.1 Å². The number of carbonyl (C=O) groups excluding carboxylic acids is 1. The van der Waals surface area contributed by atoms with Crippen molar-refractivity contribution < 1.29 is 9.21 Å². The lowest BCUT2D eigenvalue weighted by atomic mass is 10.2. The lowest BCUT2D eigenvalue weighted by Crippen LogP contribution is -1.74. The van der Waals surface area contributed by atoms with E-state index in [0.717, 1.165) is 11.1 Å². The van der Waals surface area contributed by atoms with Crippen LogP contribution in [-0.2, 0) is 4.79 Å². The second-order valence-electron chi connectivity index (χ2n) is 3.74. The first-order valence-electron chi connectivity index (χ1n) is 5.41. The molecule has 0 unspecified atom stereocenters. The van der Waals surface area contributed by atoms with Crippen molar-refractivity contribution in [3.05, 3.63) is 48.5 Å². The first-order chi connectivity index (χ1) is 8.86. The van der Waals surface area contributed by atoms with Crippen LogP contribution in [0.5, 0.6) is 0 Å². The monoisotopic (exact) mass is 236 g/mol. The molecule has 18 heavy (non-hydrogen) atoms. The number of rotatable bonds is 2. The van der Waals surface area contributed by atoms with Crippen LogP contribution in [0.15, 0.2) is 57.9 Å². The van der Waals surface area contributed by atoms with Gasteiger partial charge in [-0.15, -0.1) is 0 Å². The molecule has 1 heterocycles. The van der Waals surface area contributed by atoms with Gasteiger partial charge in [0.05, 0.1) is 5.69 Å². The molecule has 3 aromatic rings. The molecule has 1 aromatic heterocycles. The Kier molecular flexibility index (Phi) is 2.48. The predicted octanol–water partition coefficient (Wildman–Crippen LogP) is 3.46. The van der Waals surface area contributed by atoms with Gasteiger partial charge in [-0.05, 0) is 24.3 Å². The van der Waals surface area contributed by atoms with Crippen LogP contribution in [0.2, 0.25) is 0 Å². The highest BCUT2D eigenvalue weighted by Crippen LogP contribution is 2.26. The van der Waals surface area contributed by atoms with Crippen molar-refractivity contribution in [2.24, 2.45) is 4.99 Å². The SMILES string of the molecule is O=C=Nc1ccc2nc(-c3ccccc3)oc2c1. The van der Waals surface area contributed by atoms with Crippen LogP contribution in [0, 0.1) is 0 Å². The zero-order valence-corrected chi connectivity index (χ0v) is 9.33. The molecule has 0 fully saturated rings. The van der Waals surface area contributed by atoms with E-state index in [0.29, 0.717) is 17.2 Å². The van der Waals surface area contributed by atoms with Gasteiger partial charge in [-0.3, -0.25) is 0 Å². The second kappa shape index (κ2) is 4.28. The summed E-state index contributed by atoms with van der Waals surface area (Å²) in [6, 6.07) is 14.8. The normalized spacial score (nSPS) is 10.2. The average molecular weight is 236 g/mol. The number of fused-ring (bicyclic) bond motifs is 1. The highest BCUT2D eigenvalue weighted by Gasteiger charge is 2.07. The van der Waals surface area contributed by atoms with Crippen LogP contribution in [0.3, 0.4) is 0 Å². The summed E-state index contributed by atoms with van der Waals surface area (Å²) >= 11 is 0. The zero-order valence-electron chi connectivity index (χ0n) is 9.33. The maximum absolute atomic E-state index is 10.2. The standard InChI is InChI=1S/C14H8N2O2/c17-9-15-11-6-7-12-13(8-11)18-14(16-12)10-4-2-1-3-5-10/h1-8H. The van der Waals surface area contributed by atoms with Gasteiger partial charge in [-0.2, -0.15) is 4.99 Å². The molecule has 0 aliphatic rings. The van der Waals surface area contributed by atoms with E-state index in [1.807, 2.05) is 30.3 Å². The number of isocyanates is 1. The zero-order chi connectivity index (χ0) is 12.4. The molecular weight excluding hydrogens is 228 g/mol. The van der Waals surface area contributed by atoms with Crippen molar-refractivity contribution in [2.45, 2.75) is 0 Å². The quantitative estimate of drug-likeness (QED) is 0.505. The number of benzene rings is 2. The Balaban J connectivity index is 2.14. The minimum absolute atomic E-state index is 0.508. The van der Waals surface area contributed by atoms with Gasteiger partial charge in [0.15, 0.2) is 5.58 Å². The number of hydrogen-bond acceptors (Lipinski definition) is 4. The molecule has 0 spiro atoms. The molecule has 0 N–H and O–H groups in total. The fourth-order valence-corrected chi connectivity index (χ4v) is 1.74. The van der Waals surface area contributed by atoms with E-state index in [1.165, 1.54) is 6.08 Å². The summed E-state index contributed by atoms with van der Waals surface area (Å²) < 4.78 is 5.64. The maximum atomic E-state index is 10.2. The molecule has 0 atom stereocenters. The molecule has 0 aliphatic carbocycles. The fraction of sp³-hybridized carbons (Fsp3) is 0. The third-order valence-corrected chi connectivity index (χ3v) is 2.57. The summed E-state index contributed by atoms with van der Waals surface area (Å²) in [5, 5.41) is 0. The van der Waals surface area contributed by atoms with E-state index in [1.54, 1.807) is 18.2 Å². The van der Waals surface area contributed by atoms with Crippen molar-refractivity contribution >= 4 is 22.9 Å². The number of nitrogens with zero attached hydrogens (tertiary/aromatic N) is 2. The number of oxazole rings is 1. The summed E-state index contributed by atoms with van der Waals surface area (Å²) in [7, 11) is 0. The van der Waals surface area contributed by atoms with Crippen LogP contribution < -0.4 is 0 Å². The Morgan fingerprint density at radius 3 is 2.72 bits per heavy atom. The lowest BCUT2D eigenvalue weighted by Gasteiger charge is -1.91. The number of hydrogen-bond donors (Lipinski definition) is 0. The molecule has 0 bridgehead atoms. The minimum atomic E-state index is 0.508. The molecule has 3 rings (SSSR count). The smallest absolute Gasteiger partial charge is 0.240 e. The van der Waals surface area contributed by atoms with Gasteiger partial charge >= 0.3 is 0 Å². The third kappa shape index (κ3) is 1.81. The molecule has 86 valence electrons. The minimum Gasteiger partial charge on any atom is -0.436 e. The molecule has 0 radical (unpaired) electrons. The summed E-state index contributed by atoms with van der Waals surface area (Å²) in [5.41, 5.74) is 2.76. The fourth-order valence-electron chi connectivity index (χ4n) is 1.74. The van der Waals surface area contributed by atoms with E-state index in [4.69, 9.17) is 4.42 Å². The Morgan fingerprint density at radius 2 is 1.94 bits per heavy atom. The van der Waals surface area contributed by atoms with Gasteiger partial charge in [0.2, 0.25) is 12.0 Å². The molecule has 4 nitrogen and oxygen atoms in total. The van der Waals surface area contributed by atoms with Crippen molar-refractivity contribution in [1.82, 2.24) is 4.98 Å². The van der Waals surface area contributed by atoms with Gasteiger partial charge in [-0.1, -0.05) is 18.2 Å². The van der Waals surface area contributed by atoms with Crippen molar-refractivity contribution in [1.29, 1.82) is 0 Å². The van der Waals surface area contributed by atoms with E-state index >= 15 is 0 Å². The van der Waals surface area contributed by atoms with E-state index in [9.17, 15) is 4.79 Å². The Bertz CT molecular complexity index is 741. The van der Waals surface area contributed by atoms with Gasteiger partial charge in [0, 0.05) is 11.6 Å². The Hall–Kier alpha value is -2.71. The van der Waals surface area contributed by atoms with Gasteiger partial charge in [0.25, 0.3) is 0 Å². The maximum Gasteiger partial charge on any atom is 0.240 e. The summed E-state index contributed by atoms with van der Waals surface area (Å²) in [4.78, 5) is 18.1. The molecule has 0 saturated carbocycles. The van der Waals surface area contributed by atoms with Crippen LogP contribution in [0.25, 0.3) is 22.6 Å². The summed E-state index contributed by atoms with van der Waals surface area (Å²) in [5.74, 6) is 0.554. The molecule has 0 aliphatic heterocycles. The molecule has 0 amide bonds. The average Bonchev–Trinajstić information content (AvgIpc) is 2.83. The Labute approximate surface area is 103 Å². The first kappa shape index (κ1) is 10.4. The Morgan fingerprint density at radius 1 is 1.11 bits per heavy atom. The highest BCUT2D eigenvalue weighted by atomic mass is 16.3.